The van der Waals surface area contributed by atoms with Gasteiger partial charge in [-0.25, -0.2) is 4.98 Å². The first-order chi connectivity index (χ1) is 13.8. The van der Waals surface area contributed by atoms with Crippen LogP contribution in [0.2, 0.25) is 0 Å². The van der Waals surface area contributed by atoms with Gasteiger partial charge in [0, 0.05) is 17.3 Å². The van der Waals surface area contributed by atoms with Gasteiger partial charge in [-0.1, -0.05) is 59.5 Å². The van der Waals surface area contributed by atoms with E-state index in [1.54, 1.807) is 18.0 Å². The van der Waals surface area contributed by atoms with Crippen LogP contribution >= 0.6 is 34.4 Å². The molecule has 6 nitrogen and oxygen atoms in total. The number of nitrogens with zero attached hydrogens (tertiary/aromatic N) is 4. The minimum Gasteiger partial charge on any atom is -0.300 e. The third kappa shape index (κ3) is 5.00. The second kappa shape index (κ2) is 9.05. The van der Waals surface area contributed by atoms with Gasteiger partial charge in [0.15, 0.2) is 4.34 Å². The van der Waals surface area contributed by atoms with Crippen LogP contribution in [-0.2, 0) is 17.0 Å². The fourth-order valence-corrected chi connectivity index (χ4v) is 4.88. The van der Waals surface area contributed by atoms with Crippen LogP contribution in [0.5, 0.6) is 0 Å². The molecule has 28 heavy (non-hydrogen) atoms. The number of anilines is 1. The van der Waals surface area contributed by atoms with Crippen molar-refractivity contribution in [2.45, 2.75) is 16.5 Å². The molecule has 0 atom stereocenters. The van der Waals surface area contributed by atoms with Gasteiger partial charge in [0.2, 0.25) is 11.0 Å². The molecule has 9 heteroatoms. The van der Waals surface area contributed by atoms with Crippen molar-refractivity contribution in [3.63, 3.8) is 0 Å². The molecule has 1 N–H and O–H groups in total. The number of pyridine rings is 1. The maximum absolute atomic E-state index is 12.3. The molecule has 3 aromatic heterocycles. The molecule has 4 aromatic rings. The van der Waals surface area contributed by atoms with E-state index in [2.05, 4.69) is 37.6 Å². The van der Waals surface area contributed by atoms with Gasteiger partial charge in [0.25, 0.3) is 0 Å². The maximum atomic E-state index is 12.3. The van der Waals surface area contributed by atoms with Crippen LogP contribution in [-0.4, -0.2) is 26.1 Å². The van der Waals surface area contributed by atoms with Crippen LogP contribution in [0.15, 0.2) is 64.4 Å². The molecule has 0 unspecified atom stereocenters. The van der Waals surface area contributed by atoms with Gasteiger partial charge in [0.05, 0.1) is 17.8 Å². The fourth-order valence-electron chi connectivity index (χ4n) is 2.36. The molecule has 0 aliphatic rings. The second-order valence-electron chi connectivity index (χ2n) is 5.73. The highest BCUT2D eigenvalue weighted by molar-refractivity contribution is 8.00. The number of benzene rings is 1. The highest BCUT2D eigenvalue weighted by atomic mass is 32.2. The summed E-state index contributed by atoms with van der Waals surface area (Å²) < 4.78 is 0.824. The number of thioether (sulfide) groups is 1. The van der Waals surface area contributed by atoms with Crippen molar-refractivity contribution in [1.82, 2.24) is 20.2 Å². The van der Waals surface area contributed by atoms with E-state index in [1.165, 1.54) is 28.2 Å². The highest BCUT2D eigenvalue weighted by Gasteiger charge is 2.12. The molecule has 0 aliphatic heterocycles. The van der Waals surface area contributed by atoms with Gasteiger partial charge in [-0.15, -0.1) is 21.5 Å². The number of amides is 1. The van der Waals surface area contributed by atoms with Crippen LogP contribution in [0, 0.1) is 0 Å². The van der Waals surface area contributed by atoms with E-state index in [1.807, 2.05) is 41.8 Å². The lowest BCUT2D eigenvalue weighted by atomic mass is 10.2. The molecule has 1 amide bonds. The molecule has 0 fully saturated rings. The second-order valence-corrected chi connectivity index (χ2v) is 8.79. The first-order valence-electron chi connectivity index (χ1n) is 8.42. The molecule has 4 rings (SSSR count). The lowest BCUT2D eigenvalue weighted by Gasteiger charge is -1.98. The zero-order valence-corrected chi connectivity index (χ0v) is 17.1. The van der Waals surface area contributed by atoms with Gasteiger partial charge >= 0.3 is 0 Å². The summed E-state index contributed by atoms with van der Waals surface area (Å²) in [5, 5.41) is 14.2. The molecule has 140 valence electrons. The summed E-state index contributed by atoms with van der Waals surface area (Å²) >= 11 is 4.45. The lowest BCUT2D eigenvalue weighted by Crippen LogP contribution is -2.14. The first-order valence-corrected chi connectivity index (χ1v) is 11.1. The number of carbonyl (C=O) groups excluding carboxylic acids is 1. The molecule has 0 aliphatic carbocycles. The monoisotopic (exact) mass is 425 g/mol. The van der Waals surface area contributed by atoms with Crippen LogP contribution in [0.1, 0.15) is 11.3 Å². The number of hydrogen-bond acceptors (Lipinski definition) is 8. The van der Waals surface area contributed by atoms with Gasteiger partial charge in [-0.05, 0) is 17.7 Å². The molecule has 0 radical (unpaired) electrons. The van der Waals surface area contributed by atoms with Crippen LogP contribution in [0.4, 0.5) is 5.13 Å². The fraction of sp³-hybridized carbons (Fsp3) is 0.105. The Hall–Kier alpha value is -2.62. The summed E-state index contributed by atoms with van der Waals surface area (Å²) in [4.78, 5) is 21.1. The number of thiazole rings is 1. The van der Waals surface area contributed by atoms with Crippen LogP contribution in [0.25, 0.3) is 10.7 Å². The quantitative estimate of drug-likeness (QED) is 0.346. The zero-order chi connectivity index (χ0) is 19.2. The summed E-state index contributed by atoms with van der Waals surface area (Å²) in [6.45, 7) is 0. The Morgan fingerprint density at radius 2 is 1.93 bits per heavy atom. The van der Waals surface area contributed by atoms with Crippen LogP contribution < -0.4 is 5.32 Å². The van der Waals surface area contributed by atoms with Crippen molar-refractivity contribution in [3.8, 4) is 10.7 Å². The minimum atomic E-state index is -0.159. The Labute approximate surface area is 174 Å². The summed E-state index contributed by atoms with van der Waals surface area (Å²) in [5.74, 6) is 0.659. The lowest BCUT2D eigenvalue weighted by molar-refractivity contribution is -0.115. The number of rotatable bonds is 7. The maximum Gasteiger partial charge on any atom is 0.232 e. The topological polar surface area (TPSA) is 80.7 Å². The van der Waals surface area contributed by atoms with E-state index in [4.69, 9.17) is 0 Å². The van der Waals surface area contributed by atoms with Crippen molar-refractivity contribution in [2.24, 2.45) is 0 Å². The third-order valence-corrected chi connectivity index (χ3v) is 6.59. The number of nitrogens with one attached hydrogen (secondary N) is 1. The zero-order valence-electron chi connectivity index (χ0n) is 14.6. The number of carbonyl (C=O) groups is 1. The van der Waals surface area contributed by atoms with E-state index < -0.39 is 0 Å². The average molecular weight is 426 g/mol. The Balaban J connectivity index is 1.31. The summed E-state index contributed by atoms with van der Waals surface area (Å²) in [7, 11) is 0. The predicted molar refractivity (Wildman–Crippen MR) is 114 cm³/mol. The minimum absolute atomic E-state index is 0.159. The smallest absolute Gasteiger partial charge is 0.232 e. The molecular formula is C19H15N5OS3. The molecule has 0 saturated carbocycles. The number of aromatic nitrogens is 4. The predicted octanol–water partition coefficient (Wildman–Crippen LogP) is 4.53. The number of hydrogen-bond donors (Lipinski definition) is 1. The molecule has 1 aromatic carbocycles. The van der Waals surface area contributed by atoms with Crippen molar-refractivity contribution >= 4 is 45.5 Å². The van der Waals surface area contributed by atoms with E-state index >= 15 is 0 Å². The van der Waals surface area contributed by atoms with Crippen molar-refractivity contribution < 1.29 is 4.79 Å². The molecule has 0 saturated heterocycles. The third-order valence-electron chi connectivity index (χ3n) is 3.64. The molecule has 0 spiro atoms. The Kier molecular flexibility index (Phi) is 6.05. The largest absolute Gasteiger partial charge is 0.300 e. The molecule has 3 heterocycles. The van der Waals surface area contributed by atoms with E-state index in [9.17, 15) is 4.79 Å². The van der Waals surface area contributed by atoms with Gasteiger partial charge in [0.1, 0.15) is 5.01 Å². The summed E-state index contributed by atoms with van der Waals surface area (Å²) in [6, 6.07) is 15.8. The SMILES string of the molecule is O=C(Cc1csc(-c2ccccn2)n1)Nc1nnc(SCc2ccccc2)s1. The van der Waals surface area contributed by atoms with E-state index in [-0.39, 0.29) is 12.3 Å². The van der Waals surface area contributed by atoms with Gasteiger partial charge in [-0.2, -0.15) is 0 Å². The van der Waals surface area contributed by atoms with E-state index in [0.29, 0.717) is 10.8 Å². The van der Waals surface area contributed by atoms with Crippen molar-refractivity contribution in [1.29, 1.82) is 0 Å². The van der Waals surface area contributed by atoms with Gasteiger partial charge in [-0.3, -0.25) is 9.78 Å². The summed E-state index contributed by atoms with van der Waals surface area (Å²) in [6.07, 6.45) is 1.92. The van der Waals surface area contributed by atoms with Crippen LogP contribution in [0.3, 0.4) is 0 Å². The van der Waals surface area contributed by atoms with Crippen molar-refractivity contribution in [2.75, 3.05) is 5.32 Å². The Morgan fingerprint density at radius 1 is 1.07 bits per heavy atom. The Bertz CT molecular complexity index is 1050. The summed E-state index contributed by atoms with van der Waals surface area (Å²) in [5.41, 5.74) is 2.75. The van der Waals surface area contributed by atoms with E-state index in [0.717, 1.165) is 20.8 Å². The molecular weight excluding hydrogens is 410 g/mol. The molecule has 0 bridgehead atoms. The normalized spacial score (nSPS) is 10.7. The van der Waals surface area contributed by atoms with Gasteiger partial charge < -0.3 is 5.32 Å². The first kappa shape index (κ1) is 18.7. The standard InChI is InChI=1S/C19H15N5OS3/c25-16(10-14-12-26-17(21-14)15-8-4-5-9-20-15)22-18-23-24-19(28-18)27-11-13-6-2-1-3-7-13/h1-9,12H,10-11H2,(H,22,23,25). The highest BCUT2D eigenvalue weighted by Crippen LogP contribution is 2.28. The van der Waals surface area contributed by atoms with Crippen molar-refractivity contribution in [3.05, 3.63) is 71.4 Å². The Morgan fingerprint density at radius 3 is 2.75 bits per heavy atom. The average Bonchev–Trinajstić information content (AvgIpc) is 3.37.